The molecule has 5 heteroatoms. The lowest BCUT2D eigenvalue weighted by atomic mass is 10.1. The minimum absolute atomic E-state index is 0.301. The number of rotatable bonds is 7. The summed E-state index contributed by atoms with van der Waals surface area (Å²) in [6, 6.07) is -0.301. The van der Waals surface area contributed by atoms with Crippen LogP contribution in [0.2, 0.25) is 0 Å². The van der Waals surface area contributed by atoms with Gasteiger partial charge in [0.25, 0.3) is 0 Å². The minimum atomic E-state index is -0.338. The zero-order valence-electron chi connectivity index (χ0n) is 7.34. The Morgan fingerprint density at radius 1 is 1.58 bits per heavy atom. The van der Waals surface area contributed by atoms with E-state index in [1.54, 1.807) is 0 Å². The molecule has 0 bridgehead atoms. The highest BCUT2D eigenvalue weighted by Crippen LogP contribution is 2.00. The second-order valence-electron chi connectivity index (χ2n) is 2.68. The maximum absolute atomic E-state index is 10.7. The number of nitrogens with two attached hydrogens (primary N) is 1. The molecule has 72 valence electrons. The van der Waals surface area contributed by atoms with E-state index in [0.29, 0.717) is 0 Å². The van der Waals surface area contributed by atoms with Gasteiger partial charge in [-0.1, -0.05) is 19.2 Å². The number of amides is 1. The van der Waals surface area contributed by atoms with E-state index in [1.807, 2.05) is 7.05 Å². The van der Waals surface area contributed by atoms with Crippen LogP contribution in [0.3, 0.4) is 0 Å². The molecule has 4 nitrogen and oxygen atoms in total. The van der Waals surface area contributed by atoms with E-state index >= 15 is 0 Å². The van der Waals surface area contributed by atoms with Gasteiger partial charge in [-0.2, -0.15) is 0 Å². The van der Waals surface area contributed by atoms with Crippen molar-refractivity contribution in [2.45, 2.75) is 25.3 Å². The third kappa shape index (κ3) is 5.40. The Balaban J connectivity index is 3.38. The van der Waals surface area contributed by atoms with E-state index in [1.165, 1.54) is 0 Å². The SMILES string of the molecule is CNCCCCC(NS)C(N)=O. The zero-order chi connectivity index (χ0) is 9.40. The highest BCUT2D eigenvalue weighted by atomic mass is 32.1. The first-order valence-corrected chi connectivity index (χ1v) is 4.50. The van der Waals surface area contributed by atoms with Crippen molar-refractivity contribution in [2.75, 3.05) is 13.6 Å². The van der Waals surface area contributed by atoms with Gasteiger partial charge >= 0.3 is 0 Å². The lowest BCUT2D eigenvalue weighted by Crippen LogP contribution is -2.36. The normalized spacial score (nSPS) is 12.8. The molecule has 1 atom stereocenters. The number of thiol groups is 1. The van der Waals surface area contributed by atoms with Crippen molar-refractivity contribution < 1.29 is 4.79 Å². The van der Waals surface area contributed by atoms with Gasteiger partial charge in [0.05, 0.1) is 6.04 Å². The Bertz CT molecular complexity index is 132. The van der Waals surface area contributed by atoms with Crippen LogP contribution in [0.4, 0.5) is 0 Å². The van der Waals surface area contributed by atoms with E-state index in [0.717, 1.165) is 25.8 Å². The van der Waals surface area contributed by atoms with Gasteiger partial charge in [0.1, 0.15) is 0 Å². The number of hydrogen-bond donors (Lipinski definition) is 4. The van der Waals surface area contributed by atoms with Crippen molar-refractivity contribution in [3.05, 3.63) is 0 Å². The summed E-state index contributed by atoms with van der Waals surface area (Å²) in [5.41, 5.74) is 5.10. The van der Waals surface area contributed by atoms with E-state index in [4.69, 9.17) is 5.73 Å². The average Bonchev–Trinajstić information content (AvgIpc) is 2.04. The molecule has 0 aliphatic rings. The van der Waals surface area contributed by atoms with Crippen LogP contribution in [0.5, 0.6) is 0 Å². The summed E-state index contributed by atoms with van der Waals surface area (Å²) in [7, 11) is 1.91. The first-order chi connectivity index (χ1) is 5.72. The fourth-order valence-electron chi connectivity index (χ4n) is 0.921. The van der Waals surface area contributed by atoms with Crippen LogP contribution in [0.15, 0.2) is 0 Å². The topological polar surface area (TPSA) is 67.2 Å². The Kier molecular flexibility index (Phi) is 7.23. The molecule has 1 amide bonds. The monoisotopic (exact) mass is 191 g/mol. The van der Waals surface area contributed by atoms with E-state index < -0.39 is 0 Å². The Morgan fingerprint density at radius 3 is 2.67 bits per heavy atom. The van der Waals surface area contributed by atoms with Crippen LogP contribution >= 0.6 is 12.8 Å². The molecule has 0 spiro atoms. The number of hydrogen-bond acceptors (Lipinski definition) is 4. The molecule has 12 heavy (non-hydrogen) atoms. The molecule has 0 aliphatic carbocycles. The van der Waals surface area contributed by atoms with Gasteiger partial charge in [-0.3, -0.25) is 9.52 Å². The van der Waals surface area contributed by atoms with Crippen LogP contribution in [0, 0.1) is 0 Å². The summed E-state index contributed by atoms with van der Waals surface area (Å²) >= 11 is 3.81. The van der Waals surface area contributed by atoms with Crippen LogP contribution in [0.25, 0.3) is 0 Å². The van der Waals surface area contributed by atoms with Gasteiger partial charge in [0, 0.05) is 0 Å². The van der Waals surface area contributed by atoms with Crippen molar-refractivity contribution in [3.8, 4) is 0 Å². The van der Waals surface area contributed by atoms with Gasteiger partial charge in [-0.15, -0.1) is 0 Å². The van der Waals surface area contributed by atoms with Gasteiger partial charge in [-0.25, -0.2) is 0 Å². The highest BCUT2D eigenvalue weighted by molar-refractivity contribution is 7.78. The molecule has 0 rings (SSSR count). The summed E-state index contributed by atoms with van der Waals surface area (Å²) in [4.78, 5) is 10.7. The summed E-state index contributed by atoms with van der Waals surface area (Å²) in [6.45, 7) is 0.970. The van der Waals surface area contributed by atoms with Crippen LogP contribution < -0.4 is 15.8 Å². The largest absolute Gasteiger partial charge is 0.368 e. The number of unbranched alkanes of at least 4 members (excludes halogenated alkanes) is 1. The van der Waals surface area contributed by atoms with Crippen molar-refractivity contribution >= 4 is 18.7 Å². The van der Waals surface area contributed by atoms with Crippen molar-refractivity contribution in [1.82, 2.24) is 10.0 Å². The van der Waals surface area contributed by atoms with Gasteiger partial charge in [0.2, 0.25) is 5.91 Å². The third-order valence-corrected chi connectivity index (χ3v) is 1.98. The molecule has 0 heterocycles. The molecular weight excluding hydrogens is 174 g/mol. The predicted octanol–water partition coefficient (Wildman–Crippen LogP) is -0.336. The molecule has 0 saturated heterocycles. The average molecular weight is 191 g/mol. The minimum Gasteiger partial charge on any atom is -0.368 e. The molecule has 0 saturated carbocycles. The summed E-state index contributed by atoms with van der Waals surface area (Å²) in [6.07, 6.45) is 2.78. The summed E-state index contributed by atoms with van der Waals surface area (Å²) in [5.74, 6) is -0.338. The molecule has 4 N–H and O–H groups in total. The number of carbonyl (C=O) groups excluding carboxylic acids is 1. The highest BCUT2D eigenvalue weighted by Gasteiger charge is 2.11. The number of nitrogens with one attached hydrogen (secondary N) is 2. The van der Waals surface area contributed by atoms with Gasteiger partial charge in [0.15, 0.2) is 0 Å². The standard InChI is InChI=1S/C7H17N3OS/c1-9-5-3-2-4-6(10-12)7(8)11/h6,9-10,12H,2-5H2,1H3,(H2,8,11). The molecule has 0 radical (unpaired) electrons. The van der Waals surface area contributed by atoms with Gasteiger partial charge in [-0.05, 0) is 26.4 Å². The van der Waals surface area contributed by atoms with E-state index in [2.05, 4.69) is 22.9 Å². The van der Waals surface area contributed by atoms with Crippen molar-refractivity contribution in [3.63, 3.8) is 0 Å². The maximum Gasteiger partial charge on any atom is 0.235 e. The second kappa shape index (κ2) is 7.39. The van der Waals surface area contributed by atoms with Crippen LogP contribution in [0.1, 0.15) is 19.3 Å². The molecule has 0 aliphatic heterocycles. The molecular formula is C7H17N3OS. The number of primary amides is 1. The van der Waals surface area contributed by atoms with Crippen molar-refractivity contribution in [1.29, 1.82) is 0 Å². The van der Waals surface area contributed by atoms with E-state index in [-0.39, 0.29) is 11.9 Å². The fourth-order valence-corrected chi connectivity index (χ4v) is 1.18. The quantitative estimate of drug-likeness (QED) is 0.329. The fraction of sp³-hybridized carbons (Fsp3) is 0.857. The maximum atomic E-state index is 10.7. The van der Waals surface area contributed by atoms with Gasteiger partial charge < -0.3 is 11.1 Å². The van der Waals surface area contributed by atoms with Crippen molar-refractivity contribution in [2.24, 2.45) is 5.73 Å². The second-order valence-corrected chi connectivity index (χ2v) is 2.94. The Morgan fingerprint density at radius 2 is 2.25 bits per heavy atom. The predicted molar refractivity (Wildman–Crippen MR) is 52.9 cm³/mol. The molecule has 0 aromatic heterocycles. The first-order valence-electron chi connectivity index (χ1n) is 4.06. The molecule has 0 fully saturated rings. The zero-order valence-corrected chi connectivity index (χ0v) is 8.23. The third-order valence-electron chi connectivity index (χ3n) is 1.67. The summed E-state index contributed by atoms with van der Waals surface area (Å²) < 4.78 is 2.58. The number of carbonyl (C=O) groups is 1. The van der Waals surface area contributed by atoms with Crippen LogP contribution in [-0.4, -0.2) is 25.5 Å². The Hall–Kier alpha value is -0.260. The van der Waals surface area contributed by atoms with E-state index in [9.17, 15) is 4.79 Å². The molecule has 1 unspecified atom stereocenters. The van der Waals surface area contributed by atoms with Crippen LogP contribution in [-0.2, 0) is 4.79 Å². The lowest BCUT2D eigenvalue weighted by molar-refractivity contribution is -0.119. The Labute approximate surface area is 78.8 Å². The first kappa shape index (κ1) is 11.7. The molecule has 0 aromatic rings. The smallest absolute Gasteiger partial charge is 0.235 e. The molecule has 0 aromatic carbocycles. The lowest BCUT2D eigenvalue weighted by Gasteiger charge is -2.10. The summed E-state index contributed by atoms with van der Waals surface area (Å²) in [5, 5.41) is 3.03.